The number of methoxy groups -OCH3 is 1. The maximum absolute atomic E-state index is 11.4. The number of nitrogens with two attached hydrogens (primary N) is 1. The quantitative estimate of drug-likeness (QED) is 0.454. The lowest BCUT2D eigenvalue weighted by atomic mass is 9.97. The Morgan fingerprint density at radius 2 is 2.32 bits per heavy atom. The molecule has 0 saturated carbocycles. The van der Waals surface area contributed by atoms with Crippen LogP contribution in [0.1, 0.15) is 18.5 Å². The molecule has 0 aliphatic carbocycles. The van der Waals surface area contributed by atoms with Crippen molar-refractivity contribution in [1.29, 1.82) is 0 Å². The summed E-state index contributed by atoms with van der Waals surface area (Å²) < 4.78 is 4.77. The van der Waals surface area contributed by atoms with Crippen LogP contribution in [0.2, 0.25) is 0 Å². The van der Waals surface area contributed by atoms with E-state index in [1.165, 1.54) is 7.11 Å². The van der Waals surface area contributed by atoms with Gasteiger partial charge in [-0.25, -0.2) is 15.8 Å². The van der Waals surface area contributed by atoms with Crippen molar-refractivity contribution in [3.63, 3.8) is 0 Å². The molecule has 1 aromatic heterocycles. The zero-order chi connectivity index (χ0) is 13.7. The Morgan fingerprint density at radius 1 is 1.58 bits per heavy atom. The predicted molar refractivity (Wildman–Crippen MR) is 69.9 cm³/mol. The molecule has 0 radical (unpaired) electrons. The minimum Gasteiger partial charge on any atom is -0.469 e. The van der Waals surface area contributed by atoms with E-state index >= 15 is 0 Å². The van der Waals surface area contributed by atoms with Crippen molar-refractivity contribution >= 4 is 11.9 Å². The van der Waals surface area contributed by atoms with E-state index in [9.17, 15) is 4.79 Å². The van der Waals surface area contributed by atoms with Gasteiger partial charge in [0.2, 0.25) is 5.95 Å². The van der Waals surface area contributed by atoms with E-state index in [1.807, 2.05) is 6.07 Å². The Morgan fingerprint density at radius 3 is 2.95 bits per heavy atom. The standard InChI is InChI=1S/C12H19N5O2/c1-19-11(18)9-3-6-17(7-4-9)8-10-2-5-14-12(15-10)16-13/h2,5,9H,3-4,6-8,13H2,1H3,(H,14,15,16). The average Bonchev–Trinajstić information content (AvgIpc) is 2.47. The van der Waals surface area contributed by atoms with Crippen molar-refractivity contribution in [2.45, 2.75) is 19.4 Å². The van der Waals surface area contributed by atoms with Gasteiger partial charge in [0.05, 0.1) is 18.7 Å². The third kappa shape index (κ3) is 3.62. The number of nitrogens with zero attached hydrogens (tertiary/aromatic N) is 3. The molecule has 0 atom stereocenters. The number of nitrogens with one attached hydrogen (secondary N) is 1. The number of aromatic nitrogens is 2. The second-order valence-corrected chi connectivity index (χ2v) is 4.59. The number of ether oxygens (including phenoxy) is 1. The predicted octanol–water partition coefficient (Wildman–Crippen LogP) is 0.147. The molecule has 104 valence electrons. The molecule has 0 bridgehead atoms. The van der Waals surface area contributed by atoms with Crippen LogP contribution < -0.4 is 11.3 Å². The van der Waals surface area contributed by atoms with Gasteiger partial charge in [-0.05, 0) is 32.0 Å². The fourth-order valence-electron chi connectivity index (χ4n) is 2.28. The van der Waals surface area contributed by atoms with Crippen LogP contribution in [0.15, 0.2) is 12.3 Å². The number of nitrogen functional groups attached to an aromatic ring is 1. The molecule has 2 heterocycles. The molecule has 1 aliphatic heterocycles. The second-order valence-electron chi connectivity index (χ2n) is 4.59. The number of likely N-dealkylation sites (tertiary alicyclic amines) is 1. The van der Waals surface area contributed by atoms with Gasteiger partial charge in [-0.1, -0.05) is 0 Å². The highest BCUT2D eigenvalue weighted by atomic mass is 16.5. The highest BCUT2D eigenvalue weighted by Gasteiger charge is 2.25. The number of carbonyl (C=O) groups is 1. The average molecular weight is 265 g/mol. The van der Waals surface area contributed by atoms with Crippen molar-refractivity contribution in [1.82, 2.24) is 14.9 Å². The topological polar surface area (TPSA) is 93.4 Å². The summed E-state index contributed by atoms with van der Waals surface area (Å²) in [5.41, 5.74) is 3.35. The number of anilines is 1. The van der Waals surface area contributed by atoms with Crippen LogP contribution in [0, 0.1) is 5.92 Å². The molecule has 0 spiro atoms. The summed E-state index contributed by atoms with van der Waals surface area (Å²) in [6.45, 7) is 2.48. The van der Waals surface area contributed by atoms with Crippen LogP contribution >= 0.6 is 0 Å². The van der Waals surface area contributed by atoms with E-state index in [0.29, 0.717) is 5.95 Å². The second kappa shape index (κ2) is 6.44. The molecule has 1 fully saturated rings. The van der Waals surface area contributed by atoms with Crippen LogP contribution in [0.25, 0.3) is 0 Å². The van der Waals surface area contributed by atoms with E-state index in [0.717, 1.165) is 38.2 Å². The van der Waals surface area contributed by atoms with Crippen LogP contribution in [0.4, 0.5) is 5.95 Å². The van der Waals surface area contributed by atoms with E-state index < -0.39 is 0 Å². The first kappa shape index (κ1) is 13.7. The summed E-state index contributed by atoms with van der Waals surface area (Å²) in [5.74, 6) is 5.63. The van der Waals surface area contributed by atoms with E-state index in [1.54, 1.807) is 6.20 Å². The molecule has 1 aliphatic rings. The van der Waals surface area contributed by atoms with Crippen molar-refractivity contribution < 1.29 is 9.53 Å². The summed E-state index contributed by atoms with van der Waals surface area (Å²) in [6.07, 6.45) is 3.35. The molecule has 0 aromatic carbocycles. The molecule has 7 heteroatoms. The molecule has 3 N–H and O–H groups in total. The van der Waals surface area contributed by atoms with Gasteiger partial charge in [0, 0.05) is 12.7 Å². The van der Waals surface area contributed by atoms with Crippen LogP contribution in [-0.2, 0) is 16.1 Å². The van der Waals surface area contributed by atoms with Crippen molar-refractivity contribution in [3.8, 4) is 0 Å². The van der Waals surface area contributed by atoms with Gasteiger partial charge in [0.15, 0.2) is 0 Å². The SMILES string of the molecule is COC(=O)C1CCN(Cc2ccnc(NN)n2)CC1. The highest BCUT2D eigenvalue weighted by Crippen LogP contribution is 2.19. The van der Waals surface area contributed by atoms with Crippen LogP contribution in [0.3, 0.4) is 0 Å². The normalized spacial score (nSPS) is 17.2. The van der Waals surface area contributed by atoms with Crippen molar-refractivity contribution in [2.75, 3.05) is 25.6 Å². The molecule has 0 amide bonds. The Hall–Kier alpha value is -1.73. The molecule has 7 nitrogen and oxygen atoms in total. The minimum absolute atomic E-state index is 0.0351. The molecule has 0 unspecified atom stereocenters. The Bertz CT molecular complexity index is 432. The first-order valence-electron chi connectivity index (χ1n) is 6.31. The lowest BCUT2D eigenvalue weighted by Gasteiger charge is -2.30. The molecule has 1 saturated heterocycles. The zero-order valence-electron chi connectivity index (χ0n) is 11.0. The van der Waals surface area contributed by atoms with Gasteiger partial charge in [0.1, 0.15) is 0 Å². The maximum Gasteiger partial charge on any atom is 0.308 e. The van der Waals surface area contributed by atoms with Gasteiger partial charge in [-0.15, -0.1) is 0 Å². The first-order chi connectivity index (χ1) is 9.22. The lowest BCUT2D eigenvalue weighted by Crippen LogP contribution is -2.36. The zero-order valence-corrected chi connectivity index (χ0v) is 11.0. The summed E-state index contributed by atoms with van der Waals surface area (Å²) in [6, 6.07) is 1.87. The van der Waals surface area contributed by atoms with Gasteiger partial charge in [-0.3, -0.25) is 15.1 Å². The summed E-state index contributed by atoms with van der Waals surface area (Å²) in [4.78, 5) is 21.9. The van der Waals surface area contributed by atoms with Gasteiger partial charge in [0.25, 0.3) is 0 Å². The molecule has 1 aromatic rings. The summed E-state index contributed by atoms with van der Waals surface area (Å²) in [5, 5.41) is 0. The molecular weight excluding hydrogens is 246 g/mol. The Labute approximate surface area is 112 Å². The number of piperidine rings is 1. The summed E-state index contributed by atoms with van der Waals surface area (Å²) >= 11 is 0. The molecular formula is C12H19N5O2. The van der Waals surface area contributed by atoms with Gasteiger partial charge < -0.3 is 4.74 Å². The third-order valence-corrected chi connectivity index (χ3v) is 3.35. The smallest absolute Gasteiger partial charge is 0.308 e. The van der Waals surface area contributed by atoms with Crippen LogP contribution in [0.5, 0.6) is 0 Å². The number of rotatable bonds is 4. The van der Waals surface area contributed by atoms with Crippen molar-refractivity contribution in [3.05, 3.63) is 18.0 Å². The lowest BCUT2D eigenvalue weighted by molar-refractivity contribution is -0.147. The molecule has 2 rings (SSSR count). The number of carbonyl (C=O) groups excluding carboxylic acids is 1. The van der Waals surface area contributed by atoms with Gasteiger partial charge in [-0.2, -0.15) is 0 Å². The Kier molecular flexibility index (Phi) is 4.64. The van der Waals surface area contributed by atoms with Crippen LogP contribution in [-0.4, -0.2) is 41.0 Å². The Balaban J connectivity index is 1.86. The number of hydrazine groups is 1. The highest BCUT2D eigenvalue weighted by molar-refractivity contribution is 5.72. The number of esters is 1. The minimum atomic E-state index is -0.101. The largest absolute Gasteiger partial charge is 0.469 e. The maximum atomic E-state index is 11.4. The number of hydrogen-bond acceptors (Lipinski definition) is 7. The van der Waals surface area contributed by atoms with E-state index in [4.69, 9.17) is 10.6 Å². The van der Waals surface area contributed by atoms with Gasteiger partial charge >= 0.3 is 5.97 Å². The summed E-state index contributed by atoms with van der Waals surface area (Å²) in [7, 11) is 1.44. The van der Waals surface area contributed by atoms with E-state index in [2.05, 4.69) is 20.3 Å². The third-order valence-electron chi connectivity index (χ3n) is 3.35. The monoisotopic (exact) mass is 265 g/mol. The fraction of sp³-hybridized carbons (Fsp3) is 0.583. The van der Waals surface area contributed by atoms with E-state index in [-0.39, 0.29) is 11.9 Å². The van der Waals surface area contributed by atoms with Crippen molar-refractivity contribution in [2.24, 2.45) is 11.8 Å². The number of hydrogen-bond donors (Lipinski definition) is 2. The first-order valence-corrected chi connectivity index (χ1v) is 6.31. The fourth-order valence-corrected chi connectivity index (χ4v) is 2.28. The molecule has 19 heavy (non-hydrogen) atoms.